The molecule has 2 amide bonds. The highest BCUT2D eigenvalue weighted by atomic mass is 19.3. The summed E-state index contributed by atoms with van der Waals surface area (Å²) in [4.78, 5) is 26.8. The summed E-state index contributed by atoms with van der Waals surface area (Å²) in [5, 5.41) is 0. The molecule has 9 heteroatoms. The number of aryl methyl sites for hydroxylation is 1. The summed E-state index contributed by atoms with van der Waals surface area (Å²) in [6.07, 6.45) is -3.86. The molecule has 1 fully saturated rings. The van der Waals surface area contributed by atoms with Crippen LogP contribution in [0.5, 0.6) is 0 Å². The van der Waals surface area contributed by atoms with Gasteiger partial charge in [-0.15, -0.1) is 0 Å². The van der Waals surface area contributed by atoms with Gasteiger partial charge in [-0.3, -0.25) is 9.59 Å². The third-order valence-electron chi connectivity index (χ3n) is 4.00. The number of nitrogens with zero attached hydrogens (tertiary/aromatic N) is 2. The van der Waals surface area contributed by atoms with Crippen LogP contribution in [0.1, 0.15) is 11.1 Å². The highest BCUT2D eigenvalue weighted by molar-refractivity contribution is 5.86. The molecular formula is C17H20F4N2O3. The number of amides is 2. The van der Waals surface area contributed by atoms with Gasteiger partial charge in [0.2, 0.25) is 11.8 Å². The smallest absolute Gasteiger partial charge is 0.330 e. The molecule has 5 nitrogen and oxygen atoms in total. The largest absolute Gasteiger partial charge is 0.365 e. The second-order valence-corrected chi connectivity index (χ2v) is 6.17. The Kier molecular flexibility index (Phi) is 6.57. The highest BCUT2D eigenvalue weighted by Crippen LogP contribution is 2.22. The van der Waals surface area contributed by atoms with Crippen molar-refractivity contribution in [2.75, 3.05) is 32.8 Å². The topological polar surface area (TPSA) is 49.9 Å². The summed E-state index contributed by atoms with van der Waals surface area (Å²) in [5.41, 5.74) is 2.06. The van der Waals surface area contributed by atoms with Crippen molar-refractivity contribution < 1.29 is 31.9 Å². The molecule has 1 aromatic rings. The molecule has 0 saturated carbocycles. The normalized spacial score (nSPS) is 15.7. The first-order chi connectivity index (χ1) is 12.2. The lowest BCUT2D eigenvalue weighted by Gasteiger charge is -2.34. The minimum absolute atomic E-state index is 0.195. The first-order valence-electron chi connectivity index (χ1n) is 8.04. The molecule has 0 unspecified atom stereocenters. The SMILES string of the molecule is Cc1ccc(CN2CCN(C(=O)COCC(F)(F)C(F)F)CC2=O)cc1. The third-order valence-corrected chi connectivity index (χ3v) is 4.00. The molecule has 1 aromatic carbocycles. The van der Waals surface area contributed by atoms with Crippen LogP contribution in [-0.4, -0.2) is 66.8 Å². The van der Waals surface area contributed by atoms with Crippen LogP contribution in [0.25, 0.3) is 0 Å². The Morgan fingerprint density at radius 1 is 1.23 bits per heavy atom. The Morgan fingerprint density at radius 3 is 2.46 bits per heavy atom. The van der Waals surface area contributed by atoms with Gasteiger partial charge in [0.15, 0.2) is 0 Å². The van der Waals surface area contributed by atoms with E-state index in [9.17, 15) is 27.2 Å². The van der Waals surface area contributed by atoms with Gasteiger partial charge in [0.25, 0.3) is 0 Å². The summed E-state index contributed by atoms with van der Waals surface area (Å²) in [5.74, 6) is -5.26. The molecule has 0 bridgehead atoms. The molecule has 1 aliphatic heterocycles. The summed E-state index contributed by atoms with van der Waals surface area (Å²) in [7, 11) is 0. The number of halogens is 4. The van der Waals surface area contributed by atoms with Crippen molar-refractivity contribution >= 4 is 11.8 Å². The molecular weight excluding hydrogens is 356 g/mol. The maximum atomic E-state index is 12.7. The van der Waals surface area contributed by atoms with Crippen LogP contribution in [0.3, 0.4) is 0 Å². The first-order valence-corrected chi connectivity index (χ1v) is 8.04. The molecule has 1 saturated heterocycles. The van der Waals surface area contributed by atoms with E-state index >= 15 is 0 Å². The Bertz CT molecular complexity index is 637. The first kappa shape index (κ1) is 20.2. The third kappa shape index (κ3) is 5.42. The minimum atomic E-state index is -4.30. The van der Waals surface area contributed by atoms with Crippen LogP contribution < -0.4 is 0 Å². The number of rotatable bonds is 7. The molecule has 0 radical (unpaired) electrons. The van der Waals surface area contributed by atoms with E-state index in [1.54, 1.807) is 4.90 Å². The van der Waals surface area contributed by atoms with Crippen molar-refractivity contribution in [2.45, 2.75) is 25.8 Å². The fourth-order valence-corrected chi connectivity index (χ4v) is 2.43. The molecule has 1 aliphatic rings. The van der Waals surface area contributed by atoms with Crippen molar-refractivity contribution in [1.29, 1.82) is 0 Å². The highest BCUT2D eigenvalue weighted by Gasteiger charge is 2.41. The summed E-state index contributed by atoms with van der Waals surface area (Å²) >= 11 is 0. The monoisotopic (exact) mass is 376 g/mol. The lowest BCUT2D eigenvalue weighted by atomic mass is 10.1. The van der Waals surface area contributed by atoms with Crippen LogP contribution in [0.2, 0.25) is 0 Å². The summed E-state index contributed by atoms with van der Waals surface area (Å²) in [6, 6.07) is 7.70. The lowest BCUT2D eigenvalue weighted by molar-refractivity contribution is -0.172. The molecule has 0 aromatic heterocycles. The van der Waals surface area contributed by atoms with Gasteiger partial charge in [0.1, 0.15) is 13.2 Å². The zero-order valence-electron chi connectivity index (χ0n) is 14.3. The van der Waals surface area contributed by atoms with Crippen LogP contribution in [0.4, 0.5) is 17.6 Å². The number of piperazine rings is 1. The summed E-state index contributed by atoms with van der Waals surface area (Å²) in [6.45, 7) is 0.387. The zero-order valence-corrected chi connectivity index (χ0v) is 14.3. The van der Waals surface area contributed by atoms with Gasteiger partial charge in [-0.1, -0.05) is 29.8 Å². The van der Waals surface area contributed by atoms with Crippen LogP contribution in [-0.2, 0) is 20.9 Å². The minimum Gasteiger partial charge on any atom is -0.365 e. The number of ether oxygens (including phenoxy) is 1. The van der Waals surface area contributed by atoms with E-state index in [4.69, 9.17) is 0 Å². The van der Waals surface area contributed by atoms with E-state index in [0.717, 1.165) is 11.1 Å². The van der Waals surface area contributed by atoms with Crippen LogP contribution >= 0.6 is 0 Å². The number of hydrogen-bond donors (Lipinski definition) is 0. The number of carbonyl (C=O) groups excluding carboxylic acids is 2. The number of hydrogen-bond acceptors (Lipinski definition) is 3. The van der Waals surface area contributed by atoms with E-state index < -0.39 is 31.5 Å². The molecule has 0 atom stereocenters. The number of benzene rings is 1. The fourth-order valence-electron chi connectivity index (χ4n) is 2.43. The standard InChI is InChI=1S/C17H20F4N2O3/c1-12-2-4-13(5-3-12)8-22-6-7-23(9-14(22)24)15(25)10-26-11-17(20,21)16(18)19/h2-5,16H,6-11H2,1H3. The number of carbonyl (C=O) groups is 2. The number of alkyl halides is 4. The van der Waals surface area contributed by atoms with E-state index in [0.29, 0.717) is 13.1 Å². The van der Waals surface area contributed by atoms with Crippen LogP contribution in [0.15, 0.2) is 24.3 Å². The Hall–Kier alpha value is -2.16. The lowest BCUT2D eigenvalue weighted by Crippen LogP contribution is -2.52. The van der Waals surface area contributed by atoms with Crippen molar-refractivity contribution in [3.63, 3.8) is 0 Å². The van der Waals surface area contributed by atoms with E-state index in [2.05, 4.69) is 4.74 Å². The summed E-state index contributed by atoms with van der Waals surface area (Å²) < 4.78 is 53.9. The second kappa shape index (κ2) is 8.48. The van der Waals surface area contributed by atoms with Crippen LogP contribution in [0, 0.1) is 6.92 Å². The van der Waals surface area contributed by atoms with Gasteiger partial charge >= 0.3 is 12.3 Å². The second-order valence-electron chi connectivity index (χ2n) is 6.17. The predicted molar refractivity (Wildman–Crippen MR) is 84.9 cm³/mol. The van der Waals surface area contributed by atoms with Gasteiger partial charge < -0.3 is 14.5 Å². The molecule has 26 heavy (non-hydrogen) atoms. The van der Waals surface area contributed by atoms with E-state index in [1.165, 1.54) is 4.90 Å². The van der Waals surface area contributed by atoms with Gasteiger partial charge in [0.05, 0.1) is 6.54 Å². The van der Waals surface area contributed by atoms with Gasteiger partial charge in [0, 0.05) is 19.6 Å². The van der Waals surface area contributed by atoms with Crippen molar-refractivity contribution in [1.82, 2.24) is 9.80 Å². The Labute approximate surface area is 148 Å². The van der Waals surface area contributed by atoms with Gasteiger partial charge in [-0.2, -0.15) is 8.78 Å². The van der Waals surface area contributed by atoms with Crippen molar-refractivity contribution in [3.05, 3.63) is 35.4 Å². The van der Waals surface area contributed by atoms with E-state index in [-0.39, 0.29) is 19.0 Å². The quantitative estimate of drug-likeness (QED) is 0.685. The average molecular weight is 376 g/mol. The fraction of sp³-hybridized carbons (Fsp3) is 0.529. The Morgan fingerprint density at radius 2 is 1.88 bits per heavy atom. The van der Waals surface area contributed by atoms with Gasteiger partial charge in [-0.25, -0.2) is 8.78 Å². The maximum absolute atomic E-state index is 12.7. The zero-order chi connectivity index (χ0) is 19.3. The molecule has 2 rings (SSSR count). The average Bonchev–Trinajstić information content (AvgIpc) is 2.58. The molecule has 0 aliphatic carbocycles. The van der Waals surface area contributed by atoms with Gasteiger partial charge in [-0.05, 0) is 12.5 Å². The predicted octanol–water partition coefficient (Wildman–Crippen LogP) is 2.08. The molecule has 1 heterocycles. The van der Waals surface area contributed by atoms with Crippen molar-refractivity contribution in [3.8, 4) is 0 Å². The molecule has 144 valence electrons. The molecule has 0 N–H and O–H groups in total. The van der Waals surface area contributed by atoms with E-state index in [1.807, 2.05) is 31.2 Å². The Balaban J connectivity index is 1.79. The molecule has 0 spiro atoms. The van der Waals surface area contributed by atoms with Crippen molar-refractivity contribution in [2.24, 2.45) is 0 Å². The maximum Gasteiger partial charge on any atom is 0.330 e.